The van der Waals surface area contributed by atoms with Crippen LogP contribution in [0, 0.1) is 11.3 Å². The highest BCUT2D eigenvalue weighted by Gasteiger charge is 2.55. The van der Waals surface area contributed by atoms with Gasteiger partial charge in [-0.15, -0.1) is 0 Å². The van der Waals surface area contributed by atoms with Gasteiger partial charge in [-0.3, -0.25) is 4.90 Å². The van der Waals surface area contributed by atoms with Crippen molar-refractivity contribution in [3.8, 4) is 0 Å². The number of benzene rings is 1. The molecule has 1 aromatic carbocycles. The van der Waals surface area contributed by atoms with Gasteiger partial charge in [0.25, 0.3) is 0 Å². The lowest BCUT2D eigenvalue weighted by Gasteiger charge is -2.29. The second kappa shape index (κ2) is 5.13. The third-order valence-corrected chi connectivity index (χ3v) is 3.87. The summed E-state index contributed by atoms with van der Waals surface area (Å²) in [5.74, 6) is -1.46. The Bertz CT molecular complexity index is 420. The van der Waals surface area contributed by atoms with E-state index in [1.54, 1.807) is 4.90 Å². The molecule has 1 N–H and O–H groups in total. The summed E-state index contributed by atoms with van der Waals surface area (Å²) in [4.78, 5) is 1.77. The molecule has 0 radical (unpaired) electrons. The van der Waals surface area contributed by atoms with Crippen molar-refractivity contribution in [2.45, 2.75) is 19.6 Å². The van der Waals surface area contributed by atoms with E-state index in [2.05, 4.69) is 0 Å². The molecule has 2 unspecified atom stereocenters. The lowest BCUT2D eigenvalue weighted by atomic mass is 9.80. The van der Waals surface area contributed by atoms with Gasteiger partial charge in [0.2, 0.25) is 0 Å². The second-order valence-corrected chi connectivity index (χ2v) is 5.56. The number of halogens is 3. The van der Waals surface area contributed by atoms with E-state index >= 15 is 0 Å². The Morgan fingerprint density at radius 3 is 2.42 bits per heavy atom. The van der Waals surface area contributed by atoms with E-state index in [4.69, 9.17) is 0 Å². The van der Waals surface area contributed by atoms with Gasteiger partial charge in [-0.2, -0.15) is 13.2 Å². The third-order valence-electron chi connectivity index (χ3n) is 3.87. The predicted molar refractivity (Wildman–Crippen MR) is 66.5 cm³/mol. The molecule has 0 aliphatic carbocycles. The average molecular weight is 273 g/mol. The van der Waals surface area contributed by atoms with Gasteiger partial charge in [0.1, 0.15) is 0 Å². The highest BCUT2D eigenvalue weighted by atomic mass is 19.4. The largest absolute Gasteiger partial charge is 0.396 e. The molecule has 2 atom stereocenters. The molecule has 1 fully saturated rings. The van der Waals surface area contributed by atoms with Crippen molar-refractivity contribution in [1.82, 2.24) is 4.90 Å². The summed E-state index contributed by atoms with van der Waals surface area (Å²) in [6, 6.07) is 9.42. The molecule has 1 saturated heterocycles. The molecule has 0 aromatic heterocycles. The van der Waals surface area contributed by atoms with Crippen LogP contribution in [0.5, 0.6) is 0 Å². The van der Waals surface area contributed by atoms with E-state index in [0.717, 1.165) is 5.56 Å². The smallest absolute Gasteiger partial charge is 0.393 e. The van der Waals surface area contributed by atoms with Crippen molar-refractivity contribution in [3.63, 3.8) is 0 Å². The molecule has 2 rings (SSSR count). The first-order chi connectivity index (χ1) is 8.85. The first-order valence-corrected chi connectivity index (χ1v) is 6.29. The van der Waals surface area contributed by atoms with Crippen LogP contribution in [0.15, 0.2) is 30.3 Å². The maximum absolute atomic E-state index is 13.0. The molecule has 2 nitrogen and oxygen atoms in total. The maximum atomic E-state index is 13.0. The van der Waals surface area contributed by atoms with E-state index in [9.17, 15) is 18.3 Å². The topological polar surface area (TPSA) is 23.5 Å². The fourth-order valence-corrected chi connectivity index (χ4v) is 2.79. The number of rotatable bonds is 3. The van der Waals surface area contributed by atoms with Crippen molar-refractivity contribution >= 4 is 0 Å². The molecule has 1 heterocycles. The zero-order chi connectivity index (χ0) is 14.1. The van der Waals surface area contributed by atoms with Crippen LogP contribution in [0.3, 0.4) is 0 Å². The average Bonchev–Trinajstić information content (AvgIpc) is 2.68. The highest BCUT2D eigenvalue weighted by Crippen LogP contribution is 2.45. The Morgan fingerprint density at radius 2 is 1.95 bits per heavy atom. The fourth-order valence-electron chi connectivity index (χ4n) is 2.79. The summed E-state index contributed by atoms with van der Waals surface area (Å²) in [6.07, 6.45) is -4.26. The van der Waals surface area contributed by atoms with Crippen LogP contribution in [0.25, 0.3) is 0 Å². The highest BCUT2D eigenvalue weighted by molar-refractivity contribution is 5.15. The van der Waals surface area contributed by atoms with Crippen LogP contribution in [-0.2, 0) is 6.54 Å². The predicted octanol–water partition coefficient (Wildman–Crippen LogP) is 2.68. The number of alkyl halides is 3. The Kier molecular flexibility index (Phi) is 3.87. The minimum Gasteiger partial charge on any atom is -0.396 e. The van der Waals surface area contributed by atoms with Gasteiger partial charge >= 0.3 is 6.18 Å². The molecular formula is C14H18F3NO. The Morgan fingerprint density at radius 1 is 1.32 bits per heavy atom. The summed E-state index contributed by atoms with van der Waals surface area (Å²) in [6.45, 7) is 1.78. The fraction of sp³-hybridized carbons (Fsp3) is 0.571. The van der Waals surface area contributed by atoms with E-state index in [1.165, 1.54) is 6.92 Å². The van der Waals surface area contributed by atoms with Crippen LogP contribution >= 0.6 is 0 Å². The van der Waals surface area contributed by atoms with Crippen LogP contribution < -0.4 is 0 Å². The number of aliphatic hydroxyl groups excluding tert-OH is 1. The molecule has 0 spiro atoms. The lowest BCUT2D eigenvalue weighted by molar-refractivity contribution is -0.197. The molecular weight excluding hydrogens is 255 g/mol. The molecule has 5 heteroatoms. The minimum absolute atomic E-state index is 0.0462. The number of aliphatic hydroxyl groups is 1. The van der Waals surface area contributed by atoms with Crippen LogP contribution in [-0.4, -0.2) is 35.9 Å². The quantitative estimate of drug-likeness (QED) is 0.915. The van der Waals surface area contributed by atoms with Gasteiger partial charge in [-0.1, -0.05) is 37.3 Å². The summed E-state index contributed by atoms with van der Waals surface area (Å²) in [5, 5.41) is 9.32. The Balaban J connectivity index is 2.11. The van der Waals surface area contributed by atoms with Crippen molar-refractivity contribution in [3.05, 3.63) is 35.9 Å². The second-order valence-electron chi connectivity index (χ2n) is 5.56. The van der Waals surface area contributed by atoms with Crippen LogP contribution in [0.4, 0.5) is 13.2 Å². The summed E-state index contributed by atoms with van der Waals surface area (Å²) in [5.41, 5.74) is -0.113. The van der Waals surface area contributed by atoms with E-state index in [1.807, 2.05) is 30.3 Å². The van der Waals surface area contributed by atoms with Gasteiger partial charge in [0.05, 0.1) is 12.5 Å². The SMILES string of the molecule is CC1(CO)CN(Cc2ccccc2)CC1C(F)(F)F. The monoisotopic (exact) mass is 273 g/mol. The number of likely N-dealkylation sites (tertiary alicyclic amines) is 1. The molecule has 1 aliphatic heterocycles. The van der Waals surface area contributed by atoms with Crippen molar-refractivity contribution in [2.75, 3.05) is 19.7 Å². The molecule has 0 amide bonds. The van der Waals surface area contributed by atoms with Gasteiger partial charge in [0, 0.05) is 25.0 Å². The summed E-state index contributed by atoms with van der Waals surface area (Å²) in [7, 11) is 0. The number of nitrogens with zero attached hydrogens (tertiary/aromatic N) is 1. The van der Waals surface area contributed by atoms with Gasteiger partial charge in [0.15, 0.2) is 0 Å². The zero-order valence-electron chi connectivity index (χ0n) is 10.8. The molecule has 1 aromatic rings. The van der Waals surface area contributed by atoms with E-state index < -0.39 is 24.1 Å². The minimum atomic E-state index is -4.26. The summed E-state index contributed by atoms with van der Waals surface area (Å²) < 4.78 is 39.1. The standard InChI is InChI=1S/C14H18F3NO/c1-13(10-19)9-18(8-12(13)14(15,16)17)7-11-5-3-2-4-6-11/h2-6,12,19H,7-10H2,1H3. The van der Waals surface area contributed by atoms with Gasteiger partial charge in [-0.05, 0) is 5.56 Å². The molecule has 0 saturated carbocycles. The first-order valence-electron chi connectivity index (χ1n) is 6.29. The number of hydrogen-bond donors (Lipinski definition) is 1. The van der Waals surface area contributed by atoms with E-state index in [0.29, 0.717) is 6.54 Å². The summed E-state index contributed by atoms with van der Waals surface area (Å²) >= 11 is 0. The van der Waals surface area contributed by atoms with Crippen molar-refractivity contribution < 1.29 is 18.3 Å². The number of hydrogen-bond acceptors (Lipinski definition) is 2. The van der Waals surface area contributed by atoms with Gasteiger partial charge < -0.3 is 5.11 Å². The zero-order valence-corrected chi connectivity index (χ0v) is 10.8. The van der Waals surface area contributed by atoms with Crippen molar-refractivity contribution in [1.29, 1.82) is 0 Å². The van der Waals surface area contributed by atoms with E-state index in [-0.39, 0.29) is 13.1 Å². The normalized spacial score (nSPS) is 28.8. The van der Waals surface area contributed by atoms with Gasteiger partial charge in [-0.25, -0.2) is 0 Å². The van der Waals surface area contributed by atoms with Crippen LogP contribution in [0.1, 0.15) is 12.5 Å². The van der Waals surface area contributed by atoms with Crippen LogP contribution in [0.2, 0.25) is 0 Å². The molecule has 106 valence electrons. The van der Waals surface area contributed by atoms with Crippen molar-refractivity contribution in [2.24, 2.45) is 11.3 Å². The molecule has 0 bridgehead atoms. The maximum Gasteiger partial charge on any atom is 0.393 e. The lowest BCUT2D eigenvalue weighted by Crippen LogP contribution is -2.39. The first kappa shape index (κ1) is 14.3. The Labute approximate surface area is 110 Å². The third kappa shape index (κ3) is 3.09. The molecule has 19 heavy (non-hydrogen) atoms. The Hall–Kier alpha value is -1.07. The molecule has 1 aliphatic rings.